The van der Waals surface area contributed by atoms with Gasteiger partial charge in [-0.25, -0.2) is 0 Å². The molecule has 0 aliphatic heterocycles. The molecule has 0 saturated carbocycles. The minimum absolute atomic E-state index is 0.0289. The second-order valence-electron chi connectivity index (χ2n) is 26.4. The monoisotopic (exact) mass is 1160 g/mol. The highest BCUT2D eigenvalue weighted by atomic mass is 16.5. The van der Waals surface area contributed by atoms with Gasteiger partial charge in [-0.1, -0.05) is 405 Å². The van der Waals surface area contributed by atoms with Gasteiger partial charge in [0.25, 0.3) is 0 Å². The third-order valence-corrected chi connectivity index (χ3v) is 18.1. The molecule has 82 heavy (non-hydrogen) atoms. The molecule has 0 spiro atoms. The number of allylic oxidation sites excluding steroid dienone is 1. The molecule has 0 aromatic rings. The van der Waals surface area contributed by atoms with Crippen LogP contribution in [0.4, 0.5) is 0 Å². The van der Waals surface area contributed by atoms with E-state index < -0.39 is 12.1 Å². The van der Waals surface area contributed by atoms with Gasteiger partial charge in [0.05, 0.1) is 25.4 Å². The number of carbonyl (C=O) groups excluding carboxylic acids is 2. The van der Waals surface area contributed by atoms with Crippen molar-refractivity contribution in [3.63, 3.8) is 0 Å². The van der Waals surface area contributed by atoms with Crippen LogP contribution in [0.5, 0.6) is 0 Å². The molecule has 0 bridgehead atoms. The van der Waals surface area contributed by atoms with Crippen LogP contribution >= 0.6 is 0 Å². The highest BCUT2D eigenvalue weighted by Gasteiger charge is 2.18. The molecule has 0 heterocycles. The Morgan fingerprint density at radius 1 is 0.329 bits per heavy atom. The van der Waals surface area contributed by atoms with E-state index in [9.17, 15) is 19.8 Å². The minimum Gasteiger partial charge on any atom is -0.466 e. The molecule has 0 aromatic heterocycles. The lowest BCUT2D eigenvalue weighted by atomic mass is 10.0. The van der Waals surface area contributed by atoms with Crippen molar-refractivity contribution in [2.24, 2.45) is 0 Å². The average Bonchev–Trinajstić information content (AvgIpc) is 3.49. The molecular formula is C76H149NO5. The zero-order valence-corrected chi connectivity index (χ0v) is 56.0. The van der Waals surface area contributed by atoms with Gasteiger partial charge in [0.15, 0.2) is 0 Å². The Bertz CT molecular complexity index is 1240. The van der Waals surface area contributed by atoms with Gasteiger partial charge in [-0.2, -0.15) is 0 Å². The van der Waals surface area contributed by atoms with E-state index in [2.05, 4.69) is 19.2 Å². The van der Waals surface area contributed by atoms with Crippen LogP contribution in [0.15, 0.2) is 12.2 Å². The first-order valence-electron chi connectivity index (χ1n) is 38.0. The second-order valence-corrected chi connectivity index (χ2v) is 26.4. The van der Waals surface area contributed by atoms with E-state index in [1.807, 2.05) is 6.08 Å². The van der Waals surface area contributed by atoms with Crippen LogP contribution in [0.1, 0.15) is 438 Å². The first-order chi connectivity index (χ1) is 40.5. The molecule has 0 rings (SSSR count). The molecule has 3 N–H and O–H groups in total. The van der Waals surface area contributed by atoms with Crippen LogP contribution < -0.4 is 5.32 Å². The van der Waals surface area contributed by atoms with Crippen LogP contribution in [-0.2, 0) is 14.3 Å². The molecule has 0 fully saturated rings. The number of aliphatic hydroxyl groups is 2. The molecule has 488 valence electrons. The van der Waals surface area contributed by atoms with Crippen LogP contribution in [0.25, 0.3) is 0 Å². The number of hydrogen-bond donors (Lipinski definition) is 3. The quantitative estimate of drug-likeness (QED) is 0.0320. The molecular weight excluding hydrogens is 1010 g/mol. The predicted octanol–water partition coefficient (Wildman–Crippen LogP) is 24.7. The SMILES string of the molecule is CCCCCCCCC/C=C/C(O)C(CO)NC(=O)CCCCCCCCCCCCCCCCCCCCCCCCCCCCCCCCCCCCCCCOC(=O)CCCCCCCCCCCCCCCCCCCCC. The fourth-order valence-corrected chi connectivity index (χ4v) is 12.3. The molecule has 1 amide bonds. The smallest absolute Gasteiger partial charge is 0.305 e. The summed E-state index contributed by atoms with van der Waals surface area (Å²) in [6, 6.07) is -0.620. The summed E-state index contributed by atoms with van der Waals surface area (Å²) in [5.41, 5.74) is 0. The summed E-state index contributed by atoms with van der Waals surface area (Å²) in [6.07, 6.45) is 90.7. The molecule has 2 atom stereocenters. The van der Waals surface area contributed by atoms with E-state index in [4.69, 9.17) is 4.74 Å². The Hall–Kier alpha value is -1.40. The number of aliphatic hydroxyl groups excluding tert-OH is 2. The van der Waals surface area contributed by atoms with Crippen molar-refractivity contribution in [2.45, 2.75) is 450 Å². The molecule has 6 heteroatoms. The first-order valence-corrected chi connectivity index (χ1v) is 38.0. The molecule has 0 aromatic carbocycles. The number of hydrogen-bond acceptors (Lipinski definition) is 5. The predicted molar refractivity (Wildman–Crippen MR) is 361 cm³/mol. The number of ether oxygens (including phenoxy) is 1. The molecule has 6 nitrogen and oxygen atoms in total. The van der Waals surface area contributed by atoms with Gasteiger partial charge in [0.2, 0.25) is 5.91 Å². The van der Waals surface area contributed by atoms with Gasteiger partial charge in [0.1, 0.15) is 0 Å². The van der Waals surface area contributed by atoms with E-state index in [0.717, 1.165) is 38.5 Å². The summed E-state index contributed by atoms with van der Waals surface area (Å²) in [4.78, 5) is 24.5. The van der Waals surface area contributed by atoms with Crippen LogP contribution in [0, 0.1) is 0 Å². The van der Waals surface area contributed by atoms with Gasteiger partial charge in [-0.15, -0.1) is 0 Å². The molecule has 2 unspecified atom stereocenters. The first kappa shape index (κ1) is 80.6. The van der Waals surface area contributed by atoms with Gasteiger partial charge >= 0.3 is 5.97 Å². The lowest BCUT2D eigenvalue weighted by Gasteiger charge is -2.20. The number of rotatable bonds is 72. The summed E-state index contributed by atoms with van der Waals surface area (Å²) in [5, 5.41) is 23.0. The maximum Gasteiger partial charge on any atom is 0.305 e. The topological polar surface area (TPSA) is 95.9 Å². The second kappa shape index (κ2) is 72.1. The van der Waals surface area contributed by atoms with E-state index in [1.54, 1.807) is 6.08 Å². The summed E-state index contributed by atoms with van der Waals surface area (Å²) in [7, 11) is 0. The van der Waals surface area contributed by atoms with Crippen molar-refractivity contribution >= 4 is 11.9 Å². The summed E-state index contributed by atoms with van der Waals surface area (Å²) in [5.74, 6) is -0.0338. The van der Waals surface area contributed by atoms with Gasteiger partial charge in [-0.05, 0) is 32.1 Å². The zero-order valence-electron chi connectivity index (χ0n) is 56.0. The highest BCUT2D eigenvalue weighted by molar-refractivity contribution is 5.76. The van der Waals surface area contributed by atoms with Crippen molar-refractivity contribution in [1.29, 1.82) is 0 Å². The van der Waals surface area contributed by atoms with Crippen molar-refractivity contribution in [2.75, 3.05) is 13.2 Å². The average molecular weight is 1160 g/mol. The van der Waals surface area contributed by atoms with Crippen LogP contribution in [0.2, 0.25) is 0 Å². The fraction of sp³-hybridized carbons (Fsp3) is 0.947. The number of amides is 1. The van der Waals surface area contributed by atoms with Crippen molar-refractivity contribution in [1.82, 2.24) is 5.32 Å². The third kappa shape index (κ3) is 67.7. The summed E-state index contributed by atoms with van der Waals surface area (Å²) in [6.45, 7) is 4.92. The maximum atomic E-state index is 12.4. The lowest BCUT2D eigenvalue weighted by Crippen LogP contribution is -2.45. The Morgan fingerprint density at radius 3 is 0.829 bits per heavy atom. The summed E-state index contributed by atoms with van der Waals surface area (Å²) >= 11 is 0. The lowest BCUT2D eigenvalue weighted by molar-refractivity contribution is -0.143. The van der Waals surface area contributed by atoms with Gasteiger partial charge < -0.3 is 20.3 Å². The molecule has 0 saturated heterocycles. The van der Waals surface area contributed by atoms with Crippen molar-refractivity contribution in [3.8, 4) is 0 Å². The van der Waals surface area contributed by atoms with Crippen molar-refractivity contribution < 1.29 is 24.5 Å². The van der Waals surface area contributed by atoms with E-state index in [-0.39, 0.29) is 18.5 Å². The van der Waals surface area contributed by atoms with E-state index in [1.165, 1.54) is 372 Å². The Balaban J connectivity index is 3.25. The van der Waals surface area contributed by atoms with Crippen molar-refractivity contribution in [3.05, 3.63) is 12.2 Å². The van der Waals surface area contributed by atoms with E-state index >= 15 is 0 Å². The molecule has 0 aliphatic rings. The number of carbonyl (C=O) groups is 2. The highest BCUT2D eigenvalue weighted by Crippen LogP contribution is 2.20. The minimum atomic E-state index is -0.837. The zero-order chi connectivity index (χ0) is 59.2. The summed E-state index contributed by atoms with van der Waals surface area (Å²) < 4.78 is 5.52. The Labute approximate surface area is 514 Å². The third-order valence-electron chi connectivity index (χ3n) is 18.1. The normalized spacial score (nSPS) is 12.5. The maximum absolute atomic E-state index is 12.4. The number of unbranched alkanes of at least 4 members (excludes halogenated alkanes) is 61. The Kier molecular flexibility index (Phi) is 70.8. The van der Waals surface area contributed by atoms with E-state index in [0.29, 0.717) is 19.4 Å². The molecule has 0 aliphatic carbocycles. The standard InChI is InChI=1S/C76H149NO5/c1-3-5-7-9-11-13-14-15-16-17-37-41-44-47-50-54-58-62-66-70-76(81)82-71-67-63-59-55-51-48-45-42-39-36-34-32-30-28-26-24-22-20-18-19-21-23-25-27-29-31-33-35-38-40-43-46-49-53-57-61-65-69-75(80)77-73(72-78)74(79)68-64-60-56-52-12-10-8-6-4-2/h64,68,73-74,78-79H,3-63,65-67,69-72H2,1-2H3,(H,77,80)/b68-64+. The largest absolute Gasteiger partial charge is 0.466 e. The fourth-order valence-electron chi connectivity index (χ4n) is 12.3. The van der Waals surface area contributed by atoms with Crippen LogP contribution in [-0.4, -0.2) is 47.4 Å². The van der Waals surface area contributed by atoms with Crippen LogP contribution in [0.3, 0.4) is 0 Å². The van der Waals surface area contributed by atoms with Gasteiger partial charge in [0, 0.05) is 12.8 Å². The van der Waals surface area contributed by atoms with Gasteiger partial charge in [-0.3, -0.25) is 9.59 Å². The number of esters is 1. The Morgan fingerprint density at radius 2 is 0.561 bits per heavy atom. The molecule has 0 radical (unpaired) electrons. The number of nitrogens with one attached hydrogen (secondary N) is 1.